The molecule has 5 nitrogen and oxygen atoms in total. The maximum Gasteiger partial charge on any atom is 0.159 e. The Bertz CT molecular complexity index is 859. The van der Waals surface area contributed by atoms with E-state index in [1.165, 1.54) is 30.3 Å². The van der Waals surface area contributed by atoms with Crippen molar-refractivity contribution in [2.45, 2.75) is 33.1 Å². The zero-order valence-corrected chi connectivity index (χ0v) is 15.3. The fraction of sp³-hybridized carbons (Fsp3) is 0.238. The Hall–Kier alpha value is -3.08. The van der Waals surface area contributed by atoms with Crippen molar-refractivity contribution in [2.24, 2.45) is 0 Å². The van der Waals surface area contributed by atoms with Gasteiger partial charge in [-0.25, -0.2) is 9.97 Å². The number of benzene rings is 2. The summed E-state index contributed by atoms with van der Waals surface area (Å²) in [5.41, 5.74) is 11.2. The van der Waals surface area contributed by atoms with Gasteiger partial charge in [-0.2, -0.15) is 0 Å². The van der Waals surface area contributed by atoms with Gasteiger partial charge in [-0.15, -0.1) is 0 Å². The van der Waals surface area contributed by atoms with Crippen LogP contribution >= 0.6 is 0 Å². The number of nitrogens with two attached hydrogens (primary N) is 1. The highest BCUT2D eigenvalue weighted by Crippen LogP contribution is 2.28. The van der Waals surface area contributed by atoms with Crippen LogP contribution in [0.2, 0.25) is 0 Å². The molecule has 2 aromatic carbocycles. The molecule has 4 N–H and O–H groups in total. The van der Waals surface area contributed by atoms with Crippen LogP contribution in [0.3, 0.4) is 0 Å². The molecule has 0 aliphatic carbocycles. The predicted molar refractivity (Wildman–Crippen MR) is 109 cm³/mol. The molecule has 134 valence electrons. The van der Waals surface area contributed by atoms with E-state index in [0.29, 0.717) is 17.3 Å². The monoisotopic (exact) mass is 347 g/mol. The van der Waals surface area contributed by atoms with Crippen molar-refractivity contribution in [3.05, 3.63) is 66.0 Å². The number of anilines is 5. The third-order valence-electron chi connectivity index (χ3n) is 4.20. The summed E-state index contributed by atoms with van der Waals surface area (Å²) in [6.45, 7) is 4.25. The Morgan fingerprint density at radius 3 is 2.27 bits per heavy atom. The van der Waals surface area contributed by atoms with E-state index in [-0.39, 0.29) is 0 Å². The Kier molecular flexibility index (Phi) is 5.69. The number of nitrogens with one attached hydrogen (secondary N) is 2. The summed E-state index contributed by atoms with van der Waals surface area (Å²) in [4.78, 5) is 8.54. The van der Waals surface area contributed by atoms with Gasteiger partial charge in [0.05, 0.1) is 0 Å². The Morgan fingerprint density at radius 1 is 0.923 bits per heavy atom. The van der Waals surface area contributed by atoms with Crippen LogP contribution in [0, 0.1) is 6.92 Å². The lowest BCUT2D eigenvalue weighted by Gasteiger charge is -2.13. The summed E-state index contributed by atoms with van der Waals surface area (Å²) >= 11 is 0. The molecule has 0 atom stereocenters. The molecule has 3 aromatic rings. The molecule has 1 aromatic heterocycles. The largest absolute Gasteiger partial charge is 0.393 e. The smallest absolute Gasteiger partial charge is 0.159 e. The number of nitrogen functional groups attached to an aromatic ring is 1. The molecular formula is C21H25N5. The van der Waals surface area contributed by atoms with Gasteiger partial charge in [0.15, 0.2) is 11.6 Å². The maximum absolute atomic E-state index is 6.26. The van der Waals surface area contributed by atoms with E-state index in [1.54, 1.807) is 0 Å². The van der Waals surface area contributed by atoms with Crippen molar-refractivity contribution in [1.82, 2.24) is 9.97 Å². The molecule has 0 radical (unpaired) electrons. The maximum atomic E-state index is 6.26. The second-order valence-corrected chi connectivity index (χ2v) is 6.40. The number of hydrogen-bond acceptors (Lipinski definition) is 5. The van der Waals surface area contributed by atoms with Crippen LogP contribution in [0.1, 0.15) is 30.9 Å². The summed E-state index contributed by atoms with van der Waals surface area (Å²) in [5, 5.41) is 6.53. The molecule has 26 heavy (non-hydrogen) atoms. The molecule has 0 saturated carbocycles. The Labute approximate surface area is 154 Å². The van der Waals surface area contributed by atoms with Crippen molar-refractivity contribution in [3.8, 4) is 0 Å². The lowest BCUT2D eigenvalue weighted by molar-refractivity contribution is 0.795. The van der Waals surface area contributed by atoms with Crippen molar-refractivity contribution in [1.29, 1.82) is 0 Å². The first-order valence-electron chi connectivity index (χ1n) is 8.96. The number of nitrogens with zero attached hydrogens (tertiary/aromatic N) is 2. The highest BCUT2D eigenvalue weighted by Gasteiger charge is 2.09. The van der Waals surface area contributed by atoms with E-state index in [2.05, 4.69) is 51.8 Å². The molecule has 0 aliphatic rings. The number of aromatic nitrogens is 2. The fourth-order valence-electron chi connectivity index (χ4n) is 2.73. The first-order valence-corrected chi connectivity index (χ1v) is 8.96. The normalized spacial score (nSPS) is 10.5. The van der Waals surface area contributed by atoms with Crippen LogP contribution in [-0.2, 0) is 6.42 Å². The van der Waals surface area contributed by atoms with Gasteiger partial charge in [0.25, 0.3) is 0 Å². The highest BCUT2D eigenvalue weighted by molar-refractivity contribution is 5.80. The van der Waals surface area contributed by atoms with E-state index < -0.39 is 0 Å². The quantitative estimate of drug-likeness (QED) is 0.548. The average Bonchev–Trinajstić information content (AvgIpc) is 2.64. The van der Waals surface area contributed by atoms with Crippen molar-refractivity contribution in [3.63, 3.8) is 0 Å². The lowest BCUT2D eigenvalue weighted by Crippen LogP contribution is -2.05. The molecule has 0 unspecified atom stereocenters. The van der Waals surface area contributed by atoms with E-state index in [4.69, 9.17) is 5.73 Å². The highest BCUT2D eigenvalue weighted by atomic mass is 15.1. The van der Waals surface area contributed by atoms with Crippen LogP contribution in [-0.4, -0.2) is 9.97 Å². The molecule has 0 bridgehead atoms. The summed E-state index contributed by atoms with van der Waals surface area (Å²) in [5.74, 6) is 1.18. The molecule has 0 saturated heterocycles. The van der Waals surface area contributed by atoms with Gasteiger partial charge in [-0.05, 0) is 55.2 Å². The zero-order chi connectivity index (χ0) is 18.4. The second-order valence-electron chi connectivity index (χ2n) is 6.40. The van der Waals surface area contributed by atoms with Gasteiger partial charge in [0.1, 0.15) is 12.0 Å². The molecule has 0 spiro atoms. The summed E-state index contributed by atoms with van der Waals surface area (Å²) in [6.07, 6.45) is 5.03. The van der Waals surface area contributed by atoms with Crippen LogP contribution in [0.15, 0.2) is 54.9 Å². The van der Waals surface area contributed by atoms with Crippen LogP contribution in [0.25, 0.3) is 0 Å². The molecule has 3 rings (SSSR count). The number of unbranched alkanes of at least 4 members (excludes halogenated alkanes) is 1. The third kappa shape index (κ3) is 4.51. The van der Waals surface area contributed by atoms with Gasteiger partial charge in [0.2, 0.25) is 0 Å². The summed E-state index contributed by atoms with van der Waals surface area (Å²) in [6, 6.07) is 16.5. The van der Waals surface area contributed by atoms with Crippen LogP contribution in [0.5, 0.6) is 0 Å². The third-order valence-corrected chi connectivity index (χ3v) is 4.20. The molecule has 5 heteroatoms. The van der Waals surface area contributed by atoms with Crippen molar-refractivity contribution >= 4 is 28.7 Å². The Morgan fingerprint density at radius 2 is 1.62 bits per heavy atom. The Balaban J connectivity index is 1.74. The standard InChI is InChI=1S/C21H25N5/c1-3-4-7-16-9-11-17(12-10-16)25-20-19(22)21(24-14-23-20)26-18-8-5-6-15(2)13-18/h5-6,8-14H,3-4,7,22H2,1-2H3,(H2,23,24,25,26). The van der Waals surface area contributed by atoms with E-state index in [0.717, 1.165) is 17.8 Å². The van der Waals surface area contributed by atoms with E-state index in [1.807, 2.05) is 31.2 Å². The van der Waals surface area contributed by atoms with Gasteiger partial charge >= 0.3 is 0 Å². The van der Waals surface area contributed by atoms with Crippen molar-refractivity contribution in [2.75, 3.05) is 16.4 Å². The number of hydrogen-bond donors (Lipinski definition) is 3. The molecule has 1 heterocycles. The van der Waals surface area contributed by atoms with Gasteiger partial charge < -0.3 is 16.4 Å². The zero-order valence-electron chi connectivity index (χ0n) is 15.3. The molecule has 0 fully saturated rings. The number of aryl methyl sites for hydroxylation is 2. The van der Waals surface area contributed by atoms with Crippen LogP contribution < -0.4 is 16.4 Å². The topological polar surface area (TPSA) is 75.9 Å². The minimum absolute atomic E-state index is 0.490. The molecular weight excluding hydrogens is 322 g/mol. The molecule has 0 aliphatic heterocycles. The van der Waals surface area contributed by atoms with E-state index in [9.17, 15) is 0 Å². The van der Waals surface area contributed by atoms with E-state index >= 15 is 0 Å². The van der Waals surface area contributed by atoms with Gasteiger partial charge in [-0.1, -0.05) is 37.6 Å². The van der Waals surface area contributed by atoms with Crippen LogP contribution in [0.4, 0.5) is 28.7 Å². The fourth-order valence-corrected chi connectivity index (χ4v) is 2.73. The van der Waals surface area contributed by atoms with Gasteiger partial charge in [0, 0.05) is 11.4 Å². The SMILES string of the molecule is CCCCc1ccc(Nc2ncnc(Nc3cccc(C)c3)c2N)cc1. The van der Waals surface area contributed by atoms with Gasteiger partial charge in [-0.3, -0.25) is 0 Å². The average molecular weight is 347 g/mol. The predicted octanol–water partition coefficient (Wildman–Crippen LogP) is 5.20. The number of rotatable bonds is 7. The lowest BCUT2D eigenvalue weighted by atomic mass is 10.1. The summed E-state index contributed by atoms with van der Waals surface area (Å²) in [7, 11) is 0. The first-order chi connectivity index (χ1) is 12.7. The minimum Gasteiger partial charge on any atom is -0.393 e. The first kappa shape index (κ1) is 17.7. The van der Waals surface area contributed by atoms with Crippen molar-refractivity contribution < 1.29 is 0 Å². The summed E-state index contributed by atoms with van der Waals surface area (Å²) < 4.78 is 0. The molecule has 0 amide bonds. The second kappa shape index (κ2) is 8.34. The minimum atomic E-state index is 0.490.